The monoisotopic (exact) mass is 297 g/mol. The molecule has 4 heteroatoms. The third-order valence-corrected chi connectivity index (χ3v) is 3.96. The topological polar surface area (TPSA) is 55.4 Å². The smallest absolute Gasteiger partial charge is 0.408 e. The predicted molar refractivity (Wildman–Crippen MR) is 84.2 cm³/mol. The summed E-state index contributed by atoms with van der Waals surface area (Å²) in [5.74, 6) is 0.0376. The third-order valence-electron chi connectivity index (χ3n) is 3.96. The van der Waals surface area contributed by atoms with Gasteiger partial charge in [-0.1, -0.05) is 48.0 Å². The van der Waals surface area contributed by atoms with E-state index >= 15 is 0 Å². The van der Waals surface area contributed by atoms with Crippen molar-refractivity contribution in [2.45, 2.75) is 85.8 Å². The Morgan fingerprint density at radius 1 is 1.00 bits per heavy atom. The molecule has 1 saturated carbocycles. The van der Waals surface area contributed by atoms with Crippen molar-refractivity contribution in [3.05, 3.63) is 0 Å². The maximum absolute atomic E-state index is 12.6. The van der Waals surface area contributed by atoms with Gasteiger partial charge in [-0.3, -0.25) is 4.79 Å². The fraction of sp³-hybridized carbons (Fsp3) is 0.882. The first-order valence-corrected chi connectivity index (χ1v) is 8.03. The number of nitrogens with one attached hydrogen (secondary N) is 1. The van der Waals surface area contributed by atoms with Crippen molar-refractivity contribution in [1.82, 2.24) is 5.32 Å². The Morgan fingerprint density at radius 2 is 1.52 bits per heavy atom. The van der Waals surface area contributed by atoms with Gasteiger partial charge in [0.15, 0.2) is 5.78 Å². The highest BCUT2D eigenvalue weighted by Gasteiger charge is 2.39. The van der Waals surface area contributed by atoms with Gasteiger partial charge in [-0.15, -0.1) is 0 Å². The van der Waals surface area contributed by atoms with Gasteiger partial charge in [0.05, 0.1) is 6.04 Å². The number of rotatable bonds is 3. The summed E-state index contributed by atoms with van der Waals surface area (Å²) in [6.07, 6.45) is 4.85. The van der Waals surface area contributed by atoms with Crippen LogP contribution in [0.3, 0.4) is 0 Å². The van der Waals surface area contributed by atoms with Gasteiger partial charge in [0, 0.05) is 5.41 Å². The Morgan fingerprint density at radius 3 is 1.95 bits per heavy atom. The first kappa shape index (κ1) is 18.0. The van der Waals surface area contributed by atoms with E-state index in [-0.39, 0.29) is 17.3 Å². The van der Waals surface area contributed by atoms with E-state index in [1.807, 2.05) is 41.5 Å². The highest BCUT2D eigenvalue weighted by atomic mass is 16.6. The molecule has 0 aromatic rings. The van der Waals surface area contributed by atoms with Crippen molar-refractivity contribution in [3.63, 3.8) is 0 Å². The molecular weight excluding hydrogens is 266 g/mol. The van der Waals surface area contributed by atoms with E-state index < -0.39 is 17.6 Å². The van der Waals surface area contributed by atoms with E-state index in [2.05, 4.69) is 5.32 Å². The lowest BCUT2D eigenvalue weighted by molar-refractivity contribution is -0.131. The number of carbonyl (C=O) groups is 2. The molecule has 1 aliphatic rings. The first-order valence-electron chi connectivity index (χ1n) is 8.03. The molecule has 0 radical (unpaired) electrons. The quantitative estimate of drug-likeness (QED) is 0.854. The molecule has 0 heterocycles. The van der Waals surface area contributed by atoms with Crippen LogP contribution < -0.4 is 5.32 Å². The minimum absolute atomic E-state index is 0.00380. The van der Waals surface area contributed by atoms with Crippen LogP contribution in [0.5, 0.6) is 0 Å². The van der Waals surface area contributed by atoms with Crippen molar-refractivity contribution in [2.24, 2.45) is 10.8 Å². The van der Waals surface area contributed by atoms with Gasteiger partial charge in [-0.2, -0.15) is 0 Å². The zero-order valence-corrected chi connectivity index (χ0v) is 14.4. The van der Waals surface area contributed by atoms with Crippen LogP contribution in [0.4, 0.5) is 4.79 Å². The molecule has 1 atom stereocenters. The molecule has 0 aliphatic heterocycles. The number of ether oxygens (including phenoxy) is 1. The summed E-state index contributed by atoms with van der Waals surface area (Å²) < 4.78 is 5.48. The molecule has 1 amide bonds. The van der Waals surface area contributed by atoms with Crippen LogP contribution in [0, 0.1) is 10.8 Å². The molecule has 1 aliphatic carbocycles. The van der Waals surface area contributed by atoms with Crippen LogP contribution in [-0.2, 0) is 9.53 Å². The maximum atomic E-state index is 12.6. The fourth-order valence-corrected chi connectivity index (χ4v) is 2.59. The summed E-state index contributed by atoms with van der Waals surface area (Å²) in [5.41, 5.74) is -0.827. The van der Waals surface area contributed by atoms with Crippen molar-refractivity contribution in [1.29, 1.82) is 0 Å². The van der Waals surface area contributed by atoms with E-state index in [1.54, 1.807) is 0 Å². The van der Waals surface area contributed by atoms with E-state index in [0.29, 0.717) is 0 Å². The van der Waals surface area contributed by atoms with Gasteiger partial charge in [-0.05, 0) is 31.1 Å². The molecule has 0 spiro atoms. The number of ketones is 1. The lowest BCUT2D eigenvalue weighted by atomic mass is 9.76. The number of alkyl carbamates (subject to hydrolysis) is 1. The highest BCUT2D eigenvalue weighted by Crippen LogP contribution is 2.28. The molecule has 0 aromatic carbocycles. The number of hydrogen-bond donors (Lipinski definition) is 1. The summed E-state index contributed by atoms with van der Waals surface area (Å²) in [5, 5.41) is 2.80. The predicted octanol–water partition coefficient (Wildman–Crippen LogP) is 4.08. The Hall–Kier alpha value is -1.06. The van der Waals surface area contributed by atoms with Gasteiger partial charge in [-0.25, -0.2) is 4.79 Å². The molecular formula is C17H31NO3. The van der Waals surface area contributed by atoms with Crippen LogP contribution in [-0.4, -0.2) is 24.0 Å². The average Bonchev–Trinajstić information content (AvgIpc) is 2.34. The van der Waals surface area contributed by atoms with Crippen LogP contribution in [0.1, 0.15) is 73.6 Å². The molecule has 0 unspecified atom stereocenters. The number of hydrogen-bond acceptors (Lipinski definition) is 3. The van der Waals surface area contributed by atoms with Crippen molar-refractivity contribution < 1.29 is 14.3 Å². The molecule has 0 saturated heterocycles. The summed E-state index contributed by atoms with van der Waals surface area (Å²) in [6.45, 7) is 11.5. The molecule has 1 fully saturated rings. The molecule has 122 valence electrons. The number of carbonyl (C=O) groups excluding carboxylic acids is 2. The van der Waals surface area contributed by atoms with Crippen molar-refractivity contribution in [2.75, 3.05) is 0 Å². The lowest BCUT2D eigenvalue weighted by Crippen LogP contribution is -2.53. The summed E-state index contributed by atoms with van der Waals surface area (Å²) in [6, 6.07) is -0.534. The minimum atomic E-state index is -0.534. The summed E-state index contributed by atoms with van der Waals surface area (Å²) >= 11 is 0. The van der Waals surface area contributed by atoms with Crippen molar-refractivity contribution in [3.8, 4) is 0 Å². The van der Waals surface area contributed by atoms with E-state index in [4.69, 9.17) is 4.74 Å². The van der Waals surface area contributed by atoms with E-state index in [0.717, 1.165) is 25.7 Å². The third kappa shape index (κ3) is 5.68. The summed E-state index contributed by atoms with van der Waals surface area (Å²) in [7, 11) is 0. The van der Waals surface area contributed by atoms with Gasteiger partial charge < -0.3 is 10.1 Å². The van der Waals surface area contributed by atoms with Gasteiger partial charge >= 0.3 is 6.09 Å². The zero-order valence-electron chi connectivity index (χ0n) is 14.4. The molecule has 0 aromatic heterocycles. The fourth-order valence-electron chi connectivity index (χ4n) is 2.59. The van der Waals surface area contributed by atoms with E-state index in [9.17, 15) is 9.59 Å². The Kier molecular flexibility index (Phi) is 5.83. The highest BCUT2D eigenvalue weighted by molar-refractivity contribution is 5.92. The zero-order chi connectivity index (χ0) is 16.3. The molecule has 1 N–H and O–H groups in total. The van der Waals surface area contributed by atoms with Crippen LogP contribution in [0.25, 0.3) is 0 Å². The lowest BCUT2D eigenvalue weighted by Gasteiger charge is -2.35. The molecule has 21 heavy (non-hydrogen) atoms. The average molecular weight is 297 g/mol. The second kappa shape index (κ2) is 6.80. The van der Waals surface area contributed by atoms with Crippen molar-refractivity contribution >= 4 is 11.9 Å². The number of Topliss-reactive ketones (excluding diaryl/α,β-unsaturated/α-hetero) is 1. The van der Waals surface area contributed by atoms with Crippen LogP contribution in [0.15, 0.2) is 0 Å². The maximum Gasteiger partial charge on any atom is 0.408 e. The second-order valence-corrected chi connectivity index (χ2v) is 8.22. The SMILES string of the molecule is CC(C)(C)C(=O)[C@@H](NC(=O)OC1CCCCC1)C(C)(C)C. The Balaban J connectivity index is 2.68. The molecule has 0 bridgehead atoms. The second-order valence-electron chi connectivity index (χ2n) is 8.22. The summed E-state index contributed by atoms with van der Waals surface area (Å²) in [4.78, 5) is 24.7. The normalized spacial score (nSPS) is 19.0. The largest absolute Gasteiger partial charge is 0.446 e. The van der Waals surface area contributed by atoms with Gasteiger partial charge in [0.1, 0.15) is 6.10 Å². The van der Waals surface area contributed by atoms with E-state index in [1.165, 1.54) is 6.42 Å². The number of amides is 1. The Labute approximate surface area is 129 Å². The van der Waals surface area contributed by atoms with Crippen LogP contribution in [0.2, 0.25) is 0 Å². The van der Waals surface area contributed by atoms with Gasteiger partial charge in [0.2, 0.25) is 0 Å². The van der Waals surface area contributed by atoms with Crippen LogP contribution >= 0.6 is 0 Å². The standard InChI is InChI=1S/C17H31NO3/c1-16(2,3)13(14(19)17(4,5)6)18-15(20)21-12-10-8-7-9-11-12/h12-13H,7-11H2,1-6H3,(H,18,20)/t13-/m1/s1. The first-order chi connectivity index (χ1) is 9.51. The minimum Gasteiger partial charge on any atom is -0.446 e. The van der Waals surface area contributed by atoms with Gasteiger partial charge in [0.25, 0.3) is 0 Å². The Bertz CT molecular complexity index is 370. The molecule has 4 nitrogen and oxygen atoms in total. The molecule has 1 rings (SSSR count).